The summed E-state index contributed by atoms with van der Waals surface area (Å²) in [6, 6.07) is 9.06. The molecule has 29 heavy (non-hydrogen) atoms. The van der Waals surface area contributed by atoms with Gasteiger partial charge in [-0.25, -0.2) is 13.2 Å². The number of imide groups is 1. The minimum atomic E-state index is -4.48. The van der Waals surface area contributed by atoms with Crippen molar-refractivity contribution in [2.45, 2.75) is 30.1 Å². The molecule has 3 amide bonds. The van der Waals surface area contributed by atoms with Gasteiger partial charge in [-0.05, 0) is 42.3 Å². The summed E-state index contributed by atoms with van der Waals surface area (Å²) in [6.45, 7) is 1.29. The van der Waals surface area contributed by atoms with Gasteiger partial charge in [-0.15, -0.1) is 0 Å². The summed E-state index contributed by atoms with van der Waals surface area (Å²) in [5.74, 6) is -0.588. The lowest BCUT2D eigenvalue weighted by Crippen LogP contribution is -2.40. The molecule has 3 rings (SSSR count). The van der Waals surface area contributed by atoms with Crippen LogP contribution >= 0.6 is 0 Å². The van der Waals surface area contributed by atoms with Crippen molar-refractivity contribution in [2.75, 3.05) is 6.26 Å². The molecule has 1 saturated heterocycles. The van der Waals surface area contributed by atoms with Crippen LogP contribution in [0.2, 0.25) is 0 Å². The van der Waals surface area contributed by atoms with Crippen molar-refractivity contribution in [3.05, 3.63) is 65.2 Å². The Morgan fingerprint density at radius 3 is 2.03 bits per heavy atom. The standard InChI is InChI=1S/C19H17F3N2O4S/c1-18(13-7-9-15(10-8-13)29(2,27)28)16(25)24(17(26)23-18)11-12-3-5-14(6-4-12)19(20,21)22/h3-10H,11H2,1-2H3,(H,23,26). The van der Waals surface area contributed by atoms with Gasteiger partial charge in [0, 0.05) is 6.26 Å². The first-order valence-electron chi connectivity index (χ1n) is 8.43. The van der Waals surface area contributed by atoms with E-state index in [0.29, 0.717) is 11.1 Å². The van der Waals surface area contributed by atoms with Gasteiger partial charge in [0.25, 0.3) is 5.91 Å². The lowest BCUT2D eigenvalue weighted by atomic mass is 9.92. The fourth-order valence-corrected chi connectivity index (χ4v) is 3.68. The summed E-state index contributed by atoms with van der Waals surface area (Å²) in [7, 11) is -3.42. The van der Waals surface area contributed by atoms with Crippen LogP contribution in [-0.2, 0) is 32.9 Å². The lowest BCUT2D eigenvalue weighted by Gasteiger charge is -2.22. The van der Waals surface area contributed by atoms with E-state index in [1.807, 2.05) is 0 Å². The van der Waals surface area contributed by atoms with Crippen LogP contribution in [0.1, 0.15) is 23.6 Å². The summed E-state index contributed by atoms with van der Waals surface area (Å²) in [5.41, 5.74) is -1.50. The number of nitrogens with zero attached hydrogens (tertiary/aromatic N) is 1. The number of hydrogen-bond acceptors (Lipinski definition) is 4. The molecule has 10 heteroatoms. The second kappa shape index (κ2) is 6.87. The zero-order valence-corrected chi connectivity index (χ0v) is 16.3. The van der Waals surface area contributed by atoms with E-state index in [0.717, 1.165) is 23.3 Å². The summed E-state index contributed by atoms with van der Waals surface area (Å²) in [5, 5.41) is 2.57. The van der Waals surface area contributed by atoms with Crippen molar-refractivity contribution in [1.82, 2.24) is 10.2 Å². The van der Waals surface area contributed by atoms with Crippen molar-refractivity contribution in [3.8, 4) is 0 Å². The minimum absolute atomic E-state index is 0.0724. The molecule has 0 spiro atoms. The molecule has 0 saturated carbocycles. The van der Waals surface area contributed by atoms with E-state index < -0.39 is 39.1 Å². The highest BCUT2D eigenvalue weighted by molar-refractivity contribution is 7.90. The van der Waals surface area contributed by atoms with Crippen molar-refractivity contribution >= 4 is 21.8 Å². The molecule has 1 unspecified atom stereocenters. The van der Waals surface area contributed by atoms with E-state index in [1.54, 1.807) is 0 Å². The smallest absolute Gasteiger partial charge is 0.319 e. The van der Waals surface area contributed by atoms with Crippen LogP contribution < -0.4 is 5.32 Å². The molecule has 1 atom stereocenters. The Balaban J connectivity index is 1.83. The van der Waals surface area contributed by atoms with E-state index in [4.69, 9.17) is 0 Å². The fourth-order valence-electron chi connectivity index (χ4n) is 3.05. The first-order chi connectivity index (χ1) is 13.3. The van der Waals surface area contributed by atoms with Gasteiger partial charge in [-0.3, -0.25) is 9.69 Å². The monoisotopic (exact) mass is 426 g/mol. The number of amides is 3. The zero-order chi connectivity index (χ0) is 21.6. The molecule has 2 aromatic carbocycles. The number of carbonyl (C=O) groups is 2. The van der Waals surface area contributed by atoms with Crippen molar-refractivity contribution in [2.24, 2.45) is 0 Å². The third kappa shape index (κ3) is 3.98. The Morgan fingerprint density at radius 1 is 1.00 bits per heavy atom. The third-order valence-corrected chi connectivity index (χ3v) is 5.89. The Hall–Kier alpha value is -2.88. The Labute approximate surface area is 165 Å². The first kappa shape index (κ1) is 20.8. The third-order valence-electron chi connectivity index (χ3n) is 4.76. The largest absolute Gasteiger partial charge is 0.416 e. The summed E-state index contributed by atoms with van der Waals surface area (Å²) in [6.07, 6.45) is -3.42. The maximum atomic E-state index is 12.9. The topological polar surface area (TPSA) is 83.6 Å². The summed E-state index contributed by atoms with van der Waals surface area (Å²) in [4.78, 5) is 26.2. The second-order valence-electron chi connectivity index (χ2n) is 6.94. The molecule has 1 N–H and O–H groups in total. The molecule has 2 aromatic rings. The van der Waals surface area contributed by atoms with Crippen LogP contribution in [0.3, 0.4) is 0 Å². The van der Waals surface area contributed by atoms with Crippen LogP contribution in [0.4, 0.5) is 18.0 Å². The molecule has 6 nitrogen and oxygen atoms in total. The maximum Gasteiger partial charge on any atom is 0.416 e. The lowest BCUT2D eigenvalue weighted by molar-refractivity contribution is -0.137. The highest BCUT2D eigenvalue weighted by atomic mass is 32.2. The summed E-state index contributed by atoms with van der Waals surface area (Å²) >= 11 is 0. The number of sulfone groups is 1. The van der Waals surface area contributed by atoms with Crippen LogP contribution in [0.5, 0.6) is 0 Å². The van der Waals surface area contributed by atoms with E-state index in [9.17, 15) is 31.2 Å². The van der Waals surface area contributed by atoms with E-state index >= 15 is 0 Å². The Bertz CT molecular complexity index is 1060. The predicted molar refractivity (Wildman–Crippen MR) is 97.4 cm³/mol. The quantitative estimate of drug-likeness (QED) is 0.762. The van der Waals surface area contributed by atoms with Crippen LogP contribution in [0, 0.1) is 0 Å². The van der Waals surface area contributed by atoms with Crippen molar-refractivity contribution < 1.29 is 31.2 Å². The van der Waals surface area contributed by atoms with Crippen LogP contribution in [-0.4, -0.2) is 31.5 Å². The first-order valence-corrected chi connectivity index (χ1v) is 10.3. The molecule has 0 radical (unpaired) electrons. The highest BCUT2D eigenvalue weighted by Crippen LogP contribution is 2.32. The number of urea groups is 1. The maximum absolute atomic E-state index is 12.9. The van der Waals surface area contributed by atoms with Crippen molar-refractivity contribution in [1.29, 1.82) is 0 Å². The number of benzene rings is 2. The summed E-state index contributed by atoms with van der Waals surface area (Å²) < 4.78 is 61.2. The molecule has 1 heterocycles. The van der Waals surface area contributed by atoms with E-state index in [-0.39, 0.29) is 11.4 Å². The number of carbonyl (C=O) groups excluding carboxylic acids is 2. The zero-order valence-electron chi connectivity index (χ0n) is 15.4. The molecular weight excluding hydrogens is 409 g/mol. The van der Waals surface area contributed by atoms with Gasteiger partial charge in [0.15, 0.2) is 9.84 Å². The molecule has 1 fully saturated rings. The number of rotatable bonds is 4. The molecule has 0 aromatic heterocycles. The normalized spacial score (nSPS) is 20.1. The molecule has 154 valence electrons. The molecular formula is C19H17F3N2O4S. The second-order valence-corrected chi connectivity index (χ2v) is 8.95. The number of halogens is 3. The molecule has 0 bridgehead atoms. The van der Waals surface area contributed by atoms with Gasteiger partial charge in [0.2, 0.25) is 0 Å². The average Bonchev–Trinajstić information content (AvgIpc) is 2.85. The molecule has 1 aliphatic rings. The fraction of sp³-hybridized carbons (Fsp3) is 0.263. The SMILES string of the molecule is CC1(c2ccc(S(C)(=O)=O)cc2)NC(=O)N(Cc2ccc(C(F)(F)F)cc2)C1=O. The van der Waals surface area contributed by atoms with E-state index in [2.05, 4.69) is 5.32 Å². The van der Waals surface area contributed by atoms with Gasteiger partial charge in [0.1, 0.15) is 5.54 Å². The average molecular weight is 426 g/mol. The molecule has 0 aliphatic carbocycles. The Morgan fingerprint density at radius 2 is 1.55 bits per heavy atom. The molecule has 1 aliphatic heterocycles. The van der Waals surface area contributed by atoms with Crippen molar-refractivity contribution in [3.63, 3.8) is 0 Å². The number of nitrogens with one attached hydrogen (secondary N) is 1. The van der Waals surface area contributed by atoms with Gasteiger partial charge >= 0.3 is 12.2 Å². The van der Waals surface area contributed by atoms with Gasteiger partial charge in [-0.1, -0.05) is 24.3 Å². The number of hydrogen-bond donors (Lipinski definition) is 1. The van der Waals surface area contributed by atoms with Crippen LogP contribution in [0.15, 0.2) is 53.4 Å². The minimum Gasteiger partial charge on any atom is -0.319 e. The van der Waals surface area contributed by atoms with Crippen LogP contribution in [0.25, 0.3) is 0 Å². The highest BCUT2D eigenvalue weighted by Gasteiger charge is 2.49. The van der Waals surface area contributed by atoms with Gasteiger partial charge in [-0.2, -0.15) is 13.2 Å². The number of alkyl halides is 3. The Kier molecular flexibility index (Phi) is 4.94. The van der Waals surface area contributed by atoms with E-state index in [1.165, 1.54) is 43.3 Å². The predicted octanol–water partition coefficient (Wildman–Crippen LogP) is 3.08. The van der Waals surface area contributed by atoms with Gasteiger partial charge < -0.3 is 5.32 Å². The van der Waals surface area contributed by atoms with Gasteiger partial charge in [0.05, 0.1) is 17.0 Å².